The van der Waals surface area contributed by atoms with E-state index in [1.54, 1.807) is 24.3 Å². The molecule has 1 aliphatic heterocycles. The molecule has 1 aromatic carbocycles. The van der Waals surface area contributed by atoms with Crippen molar-refractivity contribution in [3.63, 3.8) is 0 Å². The zero-order chi connectivity index (χ0) is 14.9. The Hall–Kier alpha value is -1.93. The number of carbonyl (C=O) groups is 2. The number of nitrogens with zero attached hydrogens (tertiary/aromatic N) is 1. The first-order chi connectivity index (χ1) is 9.29. The third-order valence-corrected chi connectivity index (χ3v) is 4.89. The zero-order valence-electron chi connectivity index (χ0n) is 10.9. The molecular formula is C12H15N3O4S. The summed E-state index contributed by atoms with van der Waals surface area (Å²) in [6.07, 6.45) is 0. The van der Waals surface area contributed by atoms with Crippen molar-refractivity contribution in [3.8, 4) is 0 Å². The van der Waals surface area contributed by atoms with Gasteiger partial charge in [-0.15, -0.1) is 0 Å². The standard InChI is InChI=1S/C12H15N3O4S/c1-8-12(17)14-11(16)6-15(8)20(18,19)7-9-3-2-4-10(13)5-9/h2-5,8H,6-7,13H2,1H3,(H,14,16,17). The lowest BCUT2D eigenvalue weighted by atomic mass is 10.2. The molecule has 1 atom stereocenters. The number of amides is 2. The van der Waals surface area contributed by atoms with Crippen LogP contribution in [0.1, 0.15) is 12.5 Å². The Morgan fingerprint density at radius 1 is 1.40 bits per heavy atom. The van der Waals surface area contributed by atoms with Crippen molar-refractivity contribution in [3.05, 3.63) is 29.8 Å². The summed E-state index contributed by atoms with van der Waals surface area (Å²) in [5.41, 5.74) is 6.57. The van der Waals surface area contributed by atoms with Gasteiger partial charge < -0.3 is 5.73 Å². The molecule has 0 aliphatic carbocycles. The van der Waals surface area contributed by atoms with Gasteiger partial charge in [0.2, 0.25) is 21.8 Å². The van der Waals surface area contributed by atoms with Gasteiger partial charge in [-0.3, -0.25) is 14.9 Å². The Balaban J connectivity index is 2.25. The number of anilines is 1. The van der Waals surface area contributed by atoms with Gasteiger partial charge >= 0.3 is 0 Å². The minimum atomic E-state index is -3.77. The maximum atomic E-state index is 12.3. The molecule has 1 aliphatic rings. The van der Waals surface area contributed by atoms with Gasteiger partial charge in [-0.1, -0.05) is 12.1 Å². The van der Waals surface area contributed by atoms with E-state index < -0.39 is 27.9 Å². The van der Waals surface area contributed by atoms with Gasteiger partial charge in [0.05, 0.1) is 12.3 Å². The van der Waals surface area contributed by atoms with Gasteiger partial charge in [-0.25, -0.2) is 8.42 Å². The second kappa shape index (κ2) is 5.22. The summed E-state index contributed by atoms with van der Waals surface area (Å²) < 4.78 is 25.6. The van der Waals surface area contributed by atoms with Crippen molar-refractivity contribution in [1.29, 1.82) is 0 Å². The predicted molar refractivity (Wildman–Crippen MR) is 72.8 cm³/mol. The fraction of sp³-hybridized carbons (Fsp3) is 0.333. The molecule has 7 nitrogen and oxygen atoms in total. The van der Waals surface area contributed by atoms with E-state index in [2.05, 4.69) is 5.32 Å². The number of carbonyl (C=O) groups excluding carboxylic acids is 2. The summed E-state index contributed by atoms with van der Waals surface area (Å²) >= 11 is 0. The van der Waals surface area contributed by atoms with E-state index >= 15 is 0 Å². The quantitative estimate of drug-likeness (QED) is 0.574. The number of rotatable bonds is 3. The summed E-state index contributed by atoms with van der Waals surface area (Å²) in [5.74, 6) is -1.54. The van der Waals surface area contributed by atoms with Gasteiger partial charge in [-0.05, 0) is 24.6 Å². The van der Waals surface area contributed by atoms with Gasteiger partial charge in [0, 0.05) is 5.69 Å². The highest BCUT2D eigenvalue weighted by Gasteiger charge is 2.37. The van der Waals surface area contributed by atoms with Crippen LogP contribution in [0.4, 0.5) is 5.69 Å². The van der Waals surface area contributed by atoms with Crippen LogP contribution in [0.3, 0.4) is 0 Å². The van der Waals surface area contributed by atoms with Crippen LogP contribution >= 0.6 is 0 Å². The fourth-order valence-corrected chi connectivity index (χ4v) is 3.66. The first-order valence-corrected chi connectivity index (χ1v) is 7.58. The molecule has 108 valence electrons. The SMILES string of the molecule is CC1C(=O)NC(=O)CN1S(=O)(=O)Cc1cccc(N)c1. The largest absolute Gasteiger partial charge is 0.399 e. The Morgan fingerprint density at radius 2 is 2.10 bits per heavy atom. The summed E-state index contributed by atoms with van der Waals surface area (Å²) in [6, 6.07) is 5.58. The molecule has 0 spiro atoms. The van der Waals surface area contributed by atoms with Gasteiger partial charge in [-0.2, -0.15) is 4.31 Å². The number of imide groups is 1. The van der Waals surface area contributed by atoms with E-state index in [0.29, 0.717) is 11.3 Å². The molecule has 1 fully saturated rings. The van der Waals surface area contributed by atoms with Crippen LogP contribution in [0.15, 0.2) is 24.3 Å². The molecule has 0 saturated carbocycles. The Labute approximate surface area is 116 Å². The van der Waals surface area contributed by atoms with Crippen LogP contribution in [-0.2, 0) is 25.4 Å². The molecule has 0 aromatic heterocycles. The number of sulfonamides is 1. The van der Waals surface area contributed by atoms with Crippen LogP contribution in [0, 0.1) is 0 Å². The average molecular weight is 297 g/mol. The lowest BCUT2D eigenvalue weighted by Crippen LogP contribution is -2.58. The Bertz CT molecular complexity index is 656. The van der Waals surface area contributed by atoms with Crippen LogP contribution < -0.4 is 11.1 Å². The van der Waals surface area contributed by atoms with Crippen LogP contribution in [0.5, 0.6) is 0 Å². The molecule has 2 rings (SSSR count). The fourth-order valence-electron chi connectivity index (χ4n) is 2.01. The van der Waals surface area contributed by atoms with Crippen molar-refractivity contribution in [1.82, 2.24) is 9.62 Å². The molecule has 1 unspecified atom stereocenters. The summed E-state index contributed by atoms with van der Waals surface area (Å²) in [7, 11) is -3.77. The molecule has 1 saturated heterocycles. The van der Waals surface area contributed by atoms with E-state index in [1.165, 1.54) is 6.92 Å². The first-order valence-electron chi connectivity index (χ1n) is 5.97. The van der Waals surface area contributed by atoms with E-state index in [0.717, 1.165) is 4.31 Å². The normalized spacial score (nSPS) is 20.8. The molecule has 1 aromatic rings. The van der Waals surface area contributed by atoms with Crippen LogP contribution in [0.2, 0.25) is 0 Å². The van der Waals surface area contributed by atoms with E-state index in [-0.39, 0.29) is 12.3 Å². The molecule has 3 N–H and O–H groups in total. The number of benzene rings is 1. The third-order valence-electron chi connectivity index (χ3n) is 3.03. The summed E-state index contributed by atoms with van der Waals surface area (Å²) in [4.78, 5) is 22.8. The Morgan fingerprint density at radius 3 is 2.75 bits per heavy atom. The molecule has 2 amide bonds. The minimum absolute atomic E-state index is 0.303. The first kappa shape index (κ1) is 14.5. The second-order valence-corrected chi connectivity index (χ2v) is 6.56. The third kappa shape index (κ3) is 2.97. The predicted octanol–water partition coefficient (Wildman–Crippen LogP) is -0.554. The monoisotopic (exact) mass is 297 g/mol. The number of hydrogen-bond acceptors (Lipinski definition) is 5. The lowest BCUT2D eigenvalue weighted by Gasteiger charge is -2.30. The summed E-state index contributed by atoms with van der Waals surface area (Å²) in [6.45, 7) is 1.09. The number of nitrogen functional groups attached to an aromatic ring is 1. The van der Waals surface area contributed by atoms with Crippen LogP contribution in [-0.4, -0.2) is 37.1 Å². The second-order valence-electron chi connectivity index (χ2n) is 4.63. The number of piperazine rings is 1. The van der Waals surface area contributed by atoms with Gasteiger partial charge in [0.15, 0.2) is 0 Å². The van der Waals surface area contributed by atoms with Gasteiger partial charge in [0.1, 0.15) is 6.04 Å². The highest BCUT2D eigenvalue weighted by Crippen LogP contribution is 2.17. The van der Waals surface area contributed by atoms with Crippen molar-refractivity contribution in [2.24, 2.45) is 0 Å². The van der Waals surface area contributed by atoms with Crippen LogP contribution in [0.25, 0.3) is 0 Å². The van der Waals surface area contributed by atoms with Gasteiger partial charge in [0.25, 0.3) is 0 Å². The molecular weight excluding hydrogens is 282 g/mol. The smallest absolute Gasteiger partial charge is 0.244 e. The molecule has 1 heterocycles. The zero-order valence-corrected chi connectivity index (χ0v) is 11.7. The molecule has 0 bridgehead atoms. The van der Waals surface area contributed by atoms with Crippen molar-refractivity contribution in [2.75, 3.05) is 12.3 Å². The Kier molecular flexibility index (Phi) is 3.78. The maximum Gasteiger partial charge on any atom is 0.244 e. The van der Waals surface area contributed by atoms with Crippen molar-refractivity contribution < 1.29 is 18.0 Å². The topological polar surface area (TPSA) is 110 Å². The van der Waals surface area contributed by atoms with E-state index in [9.17, 15) is 18.0 Å². The lowest BCUT2D eigenvalue weighted by molar-refractivity contribution is -0.136. The highest BCUT2D eigenvalue weighted by molar-refractivity contribution is 7.88. The number of nitrogens with one attached hydrogen (secondary N) is 1. The average Bonchev–Trinajstić information content (AvgIpc) is 2.33. The highest BCUT2D eigenvalue weighted by atomic mass is 32.2. The number of hydrogen-bond donors (Lipinski definition) is 2. The molecule has 8 heteroatoms. The van der Waals surface area contributed by atoms with Crippen molar-refractivity contribution >= 4 is 27.5 Å². The minimum Gasteiger partial charge on any atom is -0.399 e. The van der Waals surface area contributed by atoms with E-state index in [4.69, 9.17) is 5.73 Å². The summed E-state index contributed by atoms with van der Waals surface area (Å²) in [5, 5.41) is 2.10. The molecule has 20 heavy (non-hydrogen) atoms. The van der Waals surface area contributed by atoms with E-state index in [1.807, 2.05) is 0 Å². The van der Waals surface area contributed by atoms with Crippen molar-refractivity contribution in [2.45, 2.75) is 18.7 Å². The number of nitrogens with two attached hydrogens (primary N) is 1. The maximum absolute atomic E-state index is 12.3. The molecule has 0 radical (unpaired) electrons.